The smallest absolute Gasteiger partial charge is 0.299 e. The largest absolute Gasteiger partial charge is 0.360 e. The number of fused-ring (bicyclic) bond motifs is 3. The van der Waals surface area contributed by atoms with E-state index in [1.807, 2.05) is 72.8 Å². The molecule has 0 spiro atoms. The van der Waals surface area contributed by atoms with Gasteiger partial charge in [0.05, 0.1) is 5.71 Å². The van der Waals surface area contributed by atoms with Crippen molar-refractivity contribution in [1.29, 1.82) is 0 Å². The first-order chi connectivity index (χ1) is 19.1. The van der Waals surface area contributed by atoms with Gasteiger partial charge in [-0.15, -0.1) is 0 Å². The van der Waals surface area contributed by atoms with Gasteiger partial charge in [0.2, 0.25) is 0 Å². The lowest BCUT2D eigenvalue weighted by Gasteiger charge is -2.25. The molecular formula is C35H24F2N2. The molecule has 39 heavy (non-hydrogen) atoms. The molecular weight excluding hydrogens is 486 g/mol. The van der Waals surface area contributed by atoms with Gasteiger partial charge in [0.15, 0.2) is 0 Å². The number of rotatable bonds is 4. The van der Waals surface area contributed by atoms with Crippen LogP contribution in [-0.4, -0.2) is 5.71 Å². The monoisotopic (exact) mass is 510 g/mol. The lowest BCUT2D eigenvalue weighted by Crippen LogP contribution is -2.24. The predicted molar refractivity (Wildman–Crippen MR) is 154 cm³/mol. The van der Waals surface area contributed by atoms with E-state index in [0.717, 1.165) is 39.2 Å². The number of hydrogen-bond donors (Lipinski definition) is 1. The minimum atomic E-state index is -3.00. The van der Waals surface area contributed by atoms with Crippen molar-refractivity contribution in [2.45, 2.75) is 12.1 Å². The molecule has 7 rings (SSSR count). The average Bonchev–Trinajstić information content (AvgIpc) is 3.24. The highest BCUT2D eigenvalue weighted by atomic mass is 19.3. The van der Waals surface area contributed by atoms with Gasteiger partial charge in [-0.3, -0.25) is 4.99 Å². The molecule has 0 amide bonds. The summed E-state index contributed by atoms with van der Waals surface area (Å²) in [6, 6.07) is 40.5. The number of nitrogens with zero attached hydrogens (tertiary/aromatic N) is 1. The van der Waals surface area contributed by atoms with E-state index in [0.29, 0.717) is 11.1 Å². The normalized spacial score (nSPS) is 16.9. The molecule has 5 aromatic carbocycles. The van der Waals surface area contributed by atoms with Crippen molar-refractivity contribution in [2.24, 2.45) is 4.99 Å². The molecule has 0 saturated carbocycles. The molecule has 1 aliphatic carbocycles. The van der Waals surface area contributed by atoms with Crippen molar-refractivity contribution < 1.29 is 8.78 Å². The van der Waals surface area contributed by atoms with E-state index in [9.17, 15) is 0 Å². The van der Waals surface area contributed by atoms with Crippen LogP contribution in [0.4, 0.5) is 8.78 Å². The number of allylic oxidation sites excluding steroid dienone is 1. The van der Waals surface area contributed by atoms with Gasteiger partial charge in [-0.2, -0.15) is 8.78 Å². The number of nitrogens with one attached hydrogen (secondary N) is 1. The summed E-state index contributed by atoms with van der Waals surface area (Å²) in [5.74, 6) is -3.00. The third-order valence-electron chi connectivity index (χ3n) is 7.47. The topological polar surface area (TPSA) is 24.4 Å². The molecule has 0 aromatic heterocycles. The molecule has 0 fully saturated rings. The van der Waals surface area contributed by atoms with Crippen LogP contribution in [0, 0.1) is 0 Å². The Morgan fingerprint density at radius 1 is 0.564 bits per heavy atom. The van der Waals surface area contributed by atoms with Crippen molar-refractivity contribution in [3.05, 3.63) is 161 Å². The van der Waals surface area contributed by atoms with E-state index in [1.165, 1.54) is 6.07 Å². The van der Waals surface area contributed by atoms with Gasteiger partial charge in [-0.05, 0) is 51.1 Å². The molecule has 2 nitrogen and oxygen atoms in total. The Labute approximate surface area is 226 Å². The van der Waals surface area contributed by atoms with Gasteiger partial charge >= 0.3 is 0 Å². The zero-order valence-electron chi connectivity index (χ0n) is 21.0. The van der Waals surface area contributed by atoms with E-state index in [-0.39, 0.29) is 17.3 Å². The van der Waals surface area contributed by atoms with Gasteiger partial charge < -0.3 is 5.32 Å². The molecule has 1 N–H and O–H groups in total. The minimum Gasteiger partial charge on any atom is -0.360 e. The lowest BCUT2D eigenvalue weighted by molar-refractivity contribution is 0.0480. The molecule has 1 aliphatic heterocycles. The van der Waals surface area contributed by atoms with Crippen molar-refractivity contribution in [3.63, 3.8) is 0 Å². The summed E-state index contributed by atoms with van der Waals surface area (Å²) in [7, 11) is 0. The maximum atomic E-state index is 15.3. The highest BCUT2D eigenvalue weighted by molar-refractivity contribution is 6.13. The predicted octanol–water partition coefficient (Wildman–Crippen LogP) is 8.61. The van der Waals surface area contributed by atoms with Crippen LogP contribution in [0.5, 0.6) is 0 Å². The Bertz CT molecular complexity index is 1740. The summed E-state index contributed by atoms with van der Waals surface area (Å²) in [5, 5.41) is 3.57. The SMILES string of the molecule is FC1(F)c2ccccc2-c2ccc(-c3ccc(C4=CC(c5ccccc5)=NC(c5ccccc5)N4)cc3)cc21. The van der Waals surface area contributed by atoms with Crippen molar-refractivity contribution >= 4 is 11.4 Å². The molecule has 188 valence electrons. The van der Waals surface area contributed by atoms with Crippen molar-refractivity contribution in [1.82, 2.24) is 5.32 Å². The zero-order valence-corrected chi connectivity index (χ0v) is 21.0. The van der Waals surface area contributed by atoms with Gasteiger partial charge in [-0.1, -0.05) is 121 Å². The number of alkyl halides is 2. The maximum absolute atomic E-state index is 15.3. The van der Waals surface area contributed by atoms with Crippen LogP contribution < -0.4 is 5.32 Å². The molecule has 4 heteroatoms. The first-order valence-electron chi connectivity index (χ1n) is 13.0. The molecule has 1 atom stereocenters. The average molecular weight is 511 g/mol. The quantitative estimate of drug-likeness (QED) is 0.257. The van der Waals surface area contributed by atoms with Crippen LogP contribution in [0.25, 0.3) is 28.0 Å². The number of hydrogen-bond acceptors (Lipinski definition) is 2. The molecule has 1 heterocycles. The fourth-order valence-corrected chi connectivity index (χ4v) is 5.46. The highest BCUT2D eigenvalue weighted by Gasteiger charge is 2.44. The van der Waals surface area contributed by atoms with Crippen LogP contribution in [0.3, 0.4) is 0 Å². The summed E-state index contributed by atoms with van der Waals surface area (Å²) in [6.45, 7) is 0. The van der Waals surface area contributed by atoms with Crippen LogP contribution in [0.1, 0.15) is 34.0 Å². The molecule has 0 radical (unpaired) electrons. The molecule has 1 unspecified atom stereocenters. The standard InChI is InChI=1S/C35H24F2N2/c36-35(37)30-14-8-7-13-28(30)29-20-19-27(21-31(29)35)23-15-17-25(18-16-23)33-22-32(24-9-3-1-4-10-24)38-34(39-33)26-11-5-2-6-12-26/h1-22,34,39H. The molecule has 0 saturated heterocycles. The Balaban J connectivity index is 1.23. The summed E-state index contributed by atoms with van der Waals surface area (Å²) in [4.78, 5) is 4.99. The van der Waals surface area contributed by atoms with Gasteiger partial charge in [-0.25, -0.2) is 0 Å². The van der Waals surface area contributed by atoms with Gasteiger partial charge in [0.1, 0.15) is 6.17 Å². The summed E-state index contributed by atoms with van der Waals surface area (Å²) >= 11 is 0. The third kappa shape index (κ3) is 4.05. The second kappa shape index (κ2) is 9.17. The minimum absolute atomic E-state index is 0.0661. The summed E-state index contributed by atoms with van der Waals surface area (Å²) < 4.78 is 30.5. The zero-order chi connectivity index (χ0) is 26.4. The maximum Gasteiger partial charge on any atom is 0.299 e. The third-order valence-corrected chi connectivity index (χ3v) is 7.47. The van der Waals surface area contributed by atoms with Crippen LogP contribution in [-0.2, 0) is 5.92 Å². The lowest BCUT2D eigenvalue weighted by atomic mass is 9.96. The molecule has 2 aliphatic rings. The Hall–Kier alpha value is -4.83. The first-order valence-corrected chi connectivity index (χ1v) is 13.0. The van der Waals surface area contributed by atoms with Crippen LogP contribution in [0.2, 0.25) is 0 Å². The highest BCUT2D eigenvalue weighted by Crippen LogP contribution is 2.51. The van der Waals surface area contributed by atoms with Gasteiger partial charge in [0.25, 0.3) is 5.92 Å². The van der Waals surface area contributed by atoms with Gasteiger partial charge in [0, 0.05) is 16.8 Å². The van der Waals surface area contributed by atoms with E-state index in [4.69, 9.17) is 4.99 Å². The fraction of sp³-hybridized carbons (Fsp3) is 0.0571. The Morgan fingerprint density at radius 3 is 1.95 bits per heavy atom. The Morgan fingerprint density at radius 2 is 1.18 bits per heavy atom. The number of halogens is 2. The van der Waals surface area contributed by atoms with E-state index < -0.39 is 5.92 Å². The molecule has 0 bridgehead atoms. The fourth-order valence-electron chi connectivity index (χ4n) is 5.46. The second-order valence-electron chi connectivity index (χ2n) is 9.85. The van der Waals surface area contributed by atoms with Crippen molar-refractivity contribution in [3.8, 4) is 22.3 Å². The van der Waals surface area contributed by atoms with Crippen molar-refractivity contribution in [2.75, 3.05) is 0 Å². The van der Waals surface area contributed by atoms with E-state index >= 15 is 8.78 Å². The number of aliphatic imine (C=N–C) groups is 1. The first kappa shape index (κ1) is 23.3. The Kier molecular flexibility index (Phi) is 5.48. The second-order valence-corrected chi connectivity index (χ2v) is 9.85. The number of benzene rings is 5. The van der Waals surface area contributed by atoms with E-state index in [2.05, 4.69) is 35.7 Å². The summed E-state index contributed by atoms with van der Waals surface area (Å²) in [6.07, 6.45) is 1.85. The van der Waals surface area contributed by atoms with Crippen LogP contribution >= 0.6 is 0 Å². The van der Waals surface area contributed by atoms with Crippen LogP contribution in [0.15, 0.2) is 138 Å². The molecule has 5 aromatic rings. The summed E-state index contributed by atoms with van der Waals surface area (Å²) in [5.41, 5.74) is 8.01. The van der Waals surface area contributed by atoms with E-state index in [1.54, 1.807) is 24.3 Å².